The van der Waals surface area contributed by atoms with Crippen molar-refractivity contribution in [2.24, 2.45) is 0 Å². The van der Waals surface area contributed by atoms with E-state index < -0.39 is 0 Å². The lowest BCUT2D eigenvalue weighted by Crippen LogP contribution is -2.35. The number of allylic oxidation sites excluding steroid dienone is 6. The number of thiophene rings is 1. The van der Waals surface area contributed by atoms with Gasteiger partial charge in [0.1, 0.15) is 17.4 Å². The molecular weight excluding hydrogens is 528 g/mol. The lowest BCUT2D eigenvalue weighted by molar-refractivity contribution is -0.116. The molecule has 3 aromatic rings. The quantitative estimate of drug-likeness (QED) is 0.285. The van der Waals surface area contributed by atoms with Crippen molar-refractivity contribution in [2.45, 2.75) is 26.3 Å². The molecule has 5 rings (SSSR count). The van der Waals surface area contributed by atoms with Gasteiger partial charge < -0.3 is 5.32 Å². The number of aromatic nitrogens is 2. The number of halogens is 2. The van der Waals surface area contributed by atoms with Gasteiger partial charge in [-0.1, -0.05) is 43.0 Å². The van der Waals surface area contributed by atoms with Gasteiger partial charge in [0.15, 0.2) is 0 Å². The largest absolute Gasteiger partial charge is 0.324 e. The van der Waals surface area contributed by atoms with Gasteiger partial charge in [-0.2, -0.15) is 0 Å². The van der Waals surface area contributed by atoms with Gasteiger partial charge in [-0.05, 0) is 67.3 Å². The molecule has 9 heteroatoms. The highest BCUT2D eigenvalue weighted by Crippen LogP contribution is 2.36. The van der Waals surface area contributed by atoms with E-state index in [1.165, 1.54) is 24.4 Å². The first-order valence-corrected chi connectivity index (χ1v) is 13.4. The molecule has 2 aliphatic heterocycles. The molecule has 1 unspecified atom stereocenters. The first-order chi connectivity index (χ1) is 19.4. The molecule has 0 saturated carbocycles. The molecule has 0 radical (unpaired) electrons. The van der Waals surface area contributed by atoms with Crippen LogP contribution in [0.2, 0.25) is 0 Å². The number of hydrazine groups is 1. The second-order valence-corrected chi connectivity index (χ2v) is 9.85. The maximum atomic E-state index is 13.9. The van der Waals surface area contributed by atoms with Crippen LogP contribution in [0, 0.1) is 5.82 Å². The lowest BCUT2D eigenvalue weighted by atomic mass is 9.95. The summed E-state index contributed by atoms with van der Waals surface area (Å²) in [4.78, 5) is 20.6. The summed E-state index contributed by atoms with van der Waals surface area (Å²) in [5.74, 6) is -0.137. The Kier molecular flexibility index (Phi) is 9.66. The van der Waals surface area contributed by atoms with Crippen LogP contribution in [0.1, 0.15) is 24.4 Å². The molecule has 0 saturated heterocycles. The van der Waals surface area contributed by atoms with Gasteiger partial charge in [-0.25, -0.2) is 24.2 Å². The third-order valence-corrected chi connectivity index (χ3v) is 6.73. The van der Waals surface area contributed by atoms with Crippen molar-refractivity contribution in [1.82, 2.24) is 20.4 Å². The molecule has 2 aliphatic rings. The number of Topliss-reactive ketones (excluding diaryl/α,β-unsaturated/α-hetero) is 1. The van der Waals surface area contributed by atoms with E-state index in [1.807, 2.05) is 42.7 Å². The van der Waals surface area contributed by atoms with E-state index in [1.54, 1.807) is 59.8 Å². The predicted molar refractivity (Wildman–Crippen MR) is 158 cm³/mol. The minimum Gasteiger partial charge on any atom is -0.324 e. The molecule has 2 aromatic heterocycles. The number of rotatable bonds is 8. The highest BCUT2D eigenvalue weighted by atomic mass is 32.1. The molecule has 0 fully saturated rings. The lowest BCUT2D eigenvalue weighted by Gasteiger charge is -2.20. The number of anilines is 2. The van der Waals surface area contributed by atoms with Gasteiger partial charge in [0.2, 0.25) is 5.95 Å². The van der Waals surface area contributed by atoms with E-state index in [9.17, 15) is 13.6 Å². The number of hydrogen-bond acceptors (Lipinski definition) is 7. The van der Waals surface area contributed by atoms with Crippen LogP contribution < -0.4 is 10.7 Å². The third-order valence-electron chi connectivity index (χ3n) is 5.85. The number of nitrogens with one attached hydrogen (secondary N) is 2. The summed E-state index contributed by atoms with van der Waals surface area (Å²) in [6.45, 7) is 7.28. The van der Waals surface area contributed by atoms with Crippen molar-refractivity contribution in [3.05, 3.63) is 137 Å². The zero-order valence-electron chi connectivity index (χ0n) is 22.1. The fourth-order valence-corrected chi connectivity index (χ4v) is 4.91. The zero-order chi connectivity index (χ0) is 28.5. The molecule has 1 atom stereocenters. The van der Waals surface area contributed by atoms with Gasteiger partial charge in [-0.3, -0.25) is 9.80 Å². The second kappa shape index (κ2) is 13.5. The van der Waals surface area contributed by atoms with Crippen LogP contribution in [0.3, 0.4) is 0 Å². The van der Waals surface area contributed by atoms with Crippen LogP contribution in [0.25, 0.3) is 5.57 Å². The molecule has 4 heterocycles. The number of carbonyl (C=O) groups excluding carboxylic acids is 1. The molecule has 204 valence electrons. The van der Waals surface area contributed by atoms with Crippen LogP contribution in [0.15, 0.2) is 120 Å². The first-order valence-electron chi connectivity index (χ1n) is 12.6. The van der Waals surface area contributed by atoms with E-state index in [2.05, 4.69) is 27.3 Å². The normalized spacial score (nSPS) is 16.4. The monoisotopic (exact) mass is 557 g/mol. The van der Waals surface area contributed by atoms with Crippen LogP contribution >= 0.6 is 11.3 Å². The number of ketones is 1. The Balaban J connectivity index is 0.000000350. The number of nitrogens with zero attached hydrogens (tertiary/aromatic N) is 3. The average Bonchev–Trinajstić information content (AvgIpc) is 3.57. The van der Waals surface area contributed by atoms with Gasteiger partial charge in [-0.15, -0.1) is 11.3 Å². The van der Waals surface area contributed by atoms with Gasteiger partial charge in [0, 0.05) is 28.8 Å². The first kappa shape index (κ1) is 28.5. The summed E-state index contributed by atoms with van der Waals surface area (Å²) in [6.07, 6.45) is 14.2. The fraction of sp³-hybridized carbons (Fsp3) is 0.129. The van der Waals surface area contributed by atoms with Crippen LogP contribution in [0.4, 0.5) is 20.4 Å². The summed E-state index contributed by atoms with van der Waals surface area (Å²) >= 11 is 1.63. The van der Waals surface area contributed by atoms with E-state index in [-0.39, 0.29) is 23.5 Å². The van der Waals surface area contributed by atoms with Gasteiger partial charge >= 0.3 is 0 Å². The van der Waals surface area contributed by atoms with Crippen molar-refractivity contribution < 1.29 is 13.6 Å². The maximum absolute atomic E-state index is 13.9. The molecule has 0 aliphatic carbocycles. The third kappa shape index (κ3) is 7.34. The van der Waals surface area contributed by atoms with Crippen LogP contribution in [0.5, 0.6) is 0 Å². The van der Waals surface area contributed by atoms with Crippen molar-refractivity contribution in [3.8, 4) is 0 Å². The summed E-state index contributed by atoms with van der Waals surface area (Å²) in [5, 5.41) is 6.67. The summed E-state index contributed by atoms with van der Waals surface area (Å²) in [5.41, 5.74) is 7.15. The van der Waals surface area contributed by atoms with Crippen molar-refractivity contribution in [2.75, 3.05) is 5.32 Å². The highest BCUT2D eigenvalue weighted by Gasteiger charge is 2.34. The Bertz CT molecular complexity index is 1520. The second-order valence-electron chi connectivity index (χ2n) is 8.82. The number of fused-ring (bicyclic) bond motifs is 1. The summed E-state index contributed by atoms with van der Waals surface area (Å²) < 4.78 is 27.4. The van der Waals surface area contributed by atoms with E-state index in [4.69, 9.17) is 0 Å². The Hall–Kier alpha value is -4.47. The summed E-state index contributed by atoms with van der Waals surface area (Å²) in [7, 11) is 0. The molecule has 40 heavy (non-hydrogen) atoms. The smallest absolute Gasteiger partial charge is 0.227 e. The minimum absolute atomic E-state index is 0.234. The van der Waals surface area contributed by atoms with Gasteiger partial charge in [0.05, 0.1) is 23.6 Å². The number of hydrogen-bond donors (Lipinski definition) is 2. The fourth-order valence-electron chi connectivity index (χ4n) is 4.13. The average molecular weight is 558 g/mol. The Morgan fingerprint density at radius 2 is 2.08 bits per heavy atom. The molecule has 0 amide bonds. The Morgan fingerprint density at radius 1 is 1.23 bits per heavy atom. The van der Waals surface area contributed by atoms with Crippen molar-refractivity contribution >= 4 is 34.3 Å². The van der Waals surface area contributed by atoms with Crippen LogP contribution in [-0.4, -0.2) is 26.8 Å². The number of benzene rings is 1. The van der Waals surface area contributed by atoms with Crippen molar-refractivity contribution in [1.29, 1.82) is 0 Å². The Morgan fingerprint density at radius 3 is 2.77 bits per heavy atom. The van der Waals surface area contributed by atoms with Crippen molar-refractivity contribution in [3.63, 3.8) is 0 Å². The topological polar surface area (TPSA) is 70.2 Å². The molecule has 0 spiro atoms. The number of carbonyl (C=O) groups is 1. The molecule has 0 bridgehead atoms. The summed E-state index contributed by atoms with van der Waals surface area (Å²) in [6, 6.07) is 11.6. The van der Waals surface area contributed by atoms with Crippen LogP contribution in [-0.2, 0) is 11.2 Å². The van der Waals surface area contributed by atoms with E-state index >= 15 is 0 Å². The standard InChI is InChI=1S/C24H21F2N5.C7H8OS/c1-3-5-7-16(4-2)23-22(21-11-10-18(26)15-31(21)30-23)20-12-13-27-24(29-20)28-19-9-6-8-17(25)14-19;1-6(8)5-7-3-2-4-9-7/h3-15,23,30H,1H2,2H3,(H,27,28,29);2-4H,5H2,1H3/b7-5-,16-4+;. The Labute approximate surface area is 236 Å². The van der Waals surface area contributed by atoms with E-state index in [0.29, 0.717) is 23.8 Å². The van der Waals surface area contributed by atoms with Gasteiger partial charge in [0.25, 0.3) is 0 Å². The highest BCUT2D eigenvalue weighted by molar-refractivity contribution is 7.10. The molecular formula is C31H29F2N5OS. The SMILES string of the molecule is C=C/C=C\C(=C/C)C1NN2C=C(F)C=CC2=C1c1ccnc(Nc2cccc(F)c2)n1.CC(=O)Cc1cccs1. The molecule has 2 N–H and O–H groups in total. The molecule has 6 nitrogen and oxygen atoms in total. The maximum Gasteiger partial charge on any atom is 0.227 e. The van der Waals surface area contributed by atoms with E-state index in [0.717, 1.165) is 21.7 Å². The minimum atomic E-state index is -0.352. The molecule has 1 aromatic carbocycles. The predicted octanol–water partition coefficient (Wildman–Crippen LogP) is 7.21. The zero-order valence-corrected chi connectivity index (χ0v) is 23.0.